The first kappa shape index (κ1) is 14.8. The van der Waals surface area contributed by atoms with E-state index in [0.29, 0.717) is 12.2 Å². The van der Waals surface area contributed by atoms with Gasteiger partial charge in [0.25, 0.3) is 0 Å². The Labute approximate surface area is 133 Å². The molecule has 3 rings (SSSR count). The third-order valence-electron chi connectivity index (χ3n) is 3.39. The second-order valence-corrected chi connectivity index (χ2v) is 5.07. The van der Waals surface area contributed by atoms with Crippen molar-refractivity contribution < 1.29 is 9.18 Å². The second kappa shape index (κ2) is 6.79. The maximum Gasteiger partial charge on any atom is 0.319 e. The van der Waals surface area contributed by atoms with E-state index in [4.69, 9.17) is 0 Å². The van der Waals surface area contributed by atoms with Crippen molar-refractivity contribution in [3.63, 3.8) is 0 Å². The Bertz CT molecular complexity index is 765. The van der Waals surface area contributed by atoms with Gasteiger partial charge in [-0.1, -0.05) is 12.1 Å². The number of rotatable bonds is 4. The zero-order valence-corrected chi connectivity index (χ0v) is 12.4. The summed E-state index contributed by atoms with van der Waals surface area (Å²) in [5.41, 5.74) is 2.56. The van der Waals surface area contributed by atoms with E-state index in [1.807, 2.05) is 53.4 Å². The number of nitrogens with one attached hydrogen (secondary N) is 2. The first-order chi connectivity index (χ1) is 11.2. The summed E-state index contributed by atoms with van der Waals surface area (Å²) < 4.78 is 14.8. The van der Waals surface area contributed by atoms with Crippen LogP contribution in [0.1, 0.15) is 5.56 Å². The van der Waals surface area contributed by atoms with Crippen molar-refractivity contribution in [1.82, 2.24) is 9.88 Å². The second-order valence-electron chi connectivity index (χ2n) is 5.07. The molecule has 4 nitrogen and oxygen atoms in total. The molecule has 0 spiro atoms. The molecule has 0 aliphatic heterocycles. The topological polar surface area (TPSA) is 46.1 Å². The van der Waals surface area contributed by atoms with E-state index in [1.165, 1.54) is 12.1 Å². The van der Waals surface area contributed by atoms with Crippen molar-refractivity contribution >= 4 is 11.7 Å². The van der Waals surface area contributed by atoms with Gasteiger partial charge in [-0.2, -0.15) is 0 Å². The summed E-state index contributed by atoms with van der Waals surface area (Å²) in [4.78, 5) is 11.9. The molecule has 1 aromatic heterocycles. The number of benzene rings is 2. The van der Waals surface area contributed by atoms with Gasteiger partial charge in [0, 0.05) is 30.3 Å². The molecule has 0 radical (unpaired) electrons. The Balaban J connectivity index is 1.54. The highest BCUT2D eigenvalue weighted by Gasteiger charge is 2.02. The summed E-state index contributed by atoms with van der Waals surface area (Å²) in [7, 11) is 0. The molecule has 0 unspecified atom stereocenters. The van der Waals surface area contributed by atoms with Crippen LogP contribution in [0, 0.1) is 5.82 Å². The number of carbonyl (C=O) groups excluding carboxylic acids is 1. The van der Waals surface area contributed by atoms with Gasteiger partial charge in [-0.3, -0.25) is 0 Å². The van der Waals surface area contributed by atoms with Gasteiger partial charge in [-0.05, 0) is 54.1 Å². The number of halogens is 1. The number of carbonyl (C=O) groups is 1. The number of urea groups is 1. The van der Waals surface area contributed by atoms with Gasteiger partial charge >= 0.3 is 6.03 Å². The van der Waals surface area contributed by atoms with Crippen LogP contribution in [-0.2, 0) is 6.54 Å². The summed E-state index contributed by atoms with van der Waals surface area (Å²) in [6.07, 6.45) is 3.91. The Morgan fingerprint density at radius 2 is 1.61 bits per heavy atom. The highest BCUT2D eigenvalue weighted by Crippen LogP contribution is 2.13. The molecule has 23 heavy (non-hydrogen) atoms. The summed E-state index contributed by atoms with van der Waals surface area (Å²) in [6.45, 7) is 0.341. The third kappa shape index (κ3) is 3.97. The fourth-order valence-electron chi connectivity index (χ4n) is 2.18. The predicted octanol–water partition coefficient (Wildman–Crippen LogP) is 3.94. The van der Waals surface area contributed by atoms with E-state index in [1.54, 1.807) is 12.1 Å². The molecule has 0 saturated carbocycles. The molecule has 0 aliphatic rings. The van der Waals surface area contributed by atoms with E-state index >= 15 is 0 Å². The van der Waals surface area contributed by atoms with Gasteiger partial charge in [0.1, 0.15) is 5.82 Å². The lowest BCUT2D eigenvalue weighted by Crippen LogP contribution is -2.28. The lowest BCUT2D eigenvalue weighted by Gasteiger charge is -2.09. The molecule has 0 bridgehead atoms. The maximum absolute atomic E-state index is 12.8. The van der Waals surface area contributed by atoms with Crippen LogP contribution in [-0.4, -0.2) is 10.6 Å². The molecule has 1 heterocycles. The van der Waals surface area contributed by atoms with Gasteiger partial charge in [-0.15, -0.1) is 0 Å². The summed E-state index contributed by atoms with van der Waals surface area (Å²) in [5.74, 6) is -0.291. The monoisotopic (exact) mass is 309 g/mol. The van der Waals surface area contributed by atoms with Crippen LogP contribution in [0.25, 0.3) is 5.69 Å². The van der Waals surface area contributed by atoms with Crippen molar-refractivity contribution in [3.8, 4) is 5.69 Å². The van der Waals surface area contributed by atoms with Crippen LogP contribution in [0.4, 0.5) is 14.9 Å². The molecule has 2 N–H and O–H groups in total. The molecule has 0 fully saturated rings. The smallest absolute Gasteiger partial charge is 0.319 e. The SMILES string of the molecule is O=C(NCc1ccc(F)cc1)Nc1ccc(-n2cccc2)cc1. The van der Waals surface area contributed by atoms with Crippen LogP contribution in [0.2, 0.25) is 0 Å². The first-order valence-electron chi connectivity index (χ1n) is 7.23. The summed E-state index contributed by atoms with van der Waals surface area (Å²) >= 11 is 0. The zero-order valence-electron chi connectivity index (χ0n) is 12.4. The number of anilines is 1. The first-order valence-corrected chi connectivity index (χ1v) is 7.23. The number of aromatic nitrogens is 1. The number of hydrogen-bond acceptors (Lipinski definition) is 1. The fraction of sp³-hybridized carbons (Fsp3) is 0.0556. The van der Waals surface area contributed by atoms with E-state index in [2.05, 4.69) is 10.6 Å². The summed E-state index contributed by atoms with van der Waals surface area (Å²) in [5, 5.41) is 5.49. The van der Waals surface area contributed by atoms with Crippen molar-refractivity contribution in [1.29, 1.82) is 0 Å². The molecule has 116 valence electrons. The molecular weight excluding hydrogens is 293 g/mol. The van der Waals surface area contributed by atoms with Crippen LogP contribution in [0.5, 0.6) is 0 Å². The molecule has 2 amide bonds. The molecule has 2 aromatic carbocycles. The van der Waals surface area contributed by atoms with Gasteiger partial charge < -0.3 is 15.2 Å². The molecule has 0 saturated heterocycles. The normalized spacial score (nSPS) is 10.3. The highest BCUT2D eigenvalue weighted by atomic mass is 19.1. The average molecular weight is 309 g/mol. The fourth-order valence-corrected chi connectivity index (χ4v) is 2.18. The van der Waals surface area contributed by atoms with Crippen molar-refractivity contribution in [2.45, 2.75) is 6.54 Å². The predicted molar refractivity (Wildman–Crippen MR) is 88.0 cm³/mol. The lowest BCUT2D eigenvalue weighted by atomic mass is 10.2. The van der Waals surface area contributed by atoms with E-state index in [9.17, 15) is 9.18 Å². The van der Waals surface area contributed by atoms with Crippen molar-refractivity contribution in [2.75, 3.05) is 5.32 Å². The van der Waals surface area contributed by atoms with Crippen LogP contribution in [0.3, 0.4) is 0 Å². The van der Waals surface area contributed by atoms with Crippen LogP contribution >= 0.6 is 0 Å². The van der Waals surface area contributed by atoms with Gasteiger partial charge in [-0.25, -0.2) is 9.18 Å². The average Bonchev–Trinajstić information content (AvgIpc) is 3.09. The lowest BCUT2D eigenvalue weighted by molar-refractivity contribution is 0.251. The van der Waals surface area contributed by atoms with Gasteiger partial charge in [0.15, 0.2) is 0 Å². The molecular formula is C18H16FN3O. The Kier molecular flexibility index (Phi) is 4.38. The van der Waals surface area contributed by atoms with Crippen LogP contribution in [0.15, 0.2) is 73.1 Å². The molecule has 5 heteroatoms. The van der Waals surface area contributed by atoms with Gasteiger partial charge in [0.2, 0.25) is 0 Å². The van der Waals surface area contributed by atoms with E-state index in [-0.39, 0.29) is 11.8 Å². The number of hydrogen-bond donors (Lipinski definition) is 2. The van der Waals surface area contributed by atoms with Crippen LogP contribution < -0.4 is 10.6 Å². The number of amides is 2. The Hall–Kier alpha value is -3.08. The number of nitrogens with zero attached hydrogens (tertiary/aromatic N) is 1. The largest absolute Gasteiger partial charge is 0.334 e. The minimum Gasteiger partial charge on any atom is -0.334 e. The molecule has 0 aliphatic carbocycles. The maximum atomic E-state index is 12.8. The standard InChI is InChI=1S/C18H16FN3O/c19-15-5-3-14(4-6-15)13-20-18(23)21-16-7-9-17(10-8-16)22-11-1-2-12-22/h1-12H,13H2,(H2,20,21,23). The minimum atomic E-state index is -0.303. The Morgan fingerprint density at radius 3 is 2.26 bits per heavy atom. The van der Waals surface area contributed by atoms with Gasteiger partial charge in [0.05, 0.1) is 0 Å². The van der Waals surface area contributed by atoms with Crippen molar-refractivity contribution in [3.05, 3.63) is 84.4 Å². The minimum absolute atomic E-state index is 0.291. The van der Waals surface area contributed by atoms with Crippen molar-refractivity contribution in [2.24, 2.45) is 0 Å². The molecule has 3 aromatic rings. The molecule has 0 atom stereocenters. The highest BCUT2D eigenvalue weighted by molar-refractivity contribution is 5.89. The third-order valence-corrected chi connectivity index (χ3v) is 3.39. The Morgan fingerprint density at radius 1 is 0.957 bits per heavy atom. The van der Waals surface area contributed by atoms with E-state index in [0.717, 1.165) is 11.3 Å². The zero-order chi connectivity index (χ0) is 16.1. The van der Waals surface area contributed by atoms with E-state index < -0.39 is 0 Å². The summed E-state index contributed by atoms with van der Waals surface area (Å²) in [6, 6.07) is 17.2. The quantitative estimate of drug-likeness (QED) is 0.753.